The highest BCUT2D eigenvalue weighted by Crippen LogP contribution is 2.44. The van der Waals surface area contributed by atoms with E-state index in [2.05, 4.69) is 323 Å². The molecule has 13 aromatic carbocycles. The van der Waals surface area contributed by atoms with E-state index >= 15 is 0 Å². The SMILES string of the molecule is c1ccc(N(c2ccc(-c3nc4ccccc4nc3-c3ccc(N(c4ccccc4)c4ccc(N(c5ccccc5)c5ccc6ccccc6c5)cc4)cc3)cc2)c2ccc(N(c3ccccc3)c3ccc4ccccc4c3)cc2)cc1. The Morgan fingerprint density at radius 2 is 0.390 bits per heavy atom. The molecule has 0 spiro atoms. The van der Waals surface area contributed by atoms with E-state index in [9.17, 15) is 0 Å². The Balaban J connectivity index is 0.793. The van der Waals surface area contributed by atoms with Gasteiger partial charge in [0.1, 0.15) is 0 Å². The summed E-state index contributed by atoms with van der Waals surface area (Å²) in [5, 5.41) is 4.83. The van der Waals surface area contributed by atoms with Crippen LogP contribution in [0.5, 0.6) is 0 Å². The maximum absolute atomic E-state index is 5.34. The van der Waals surface area contributed by atoms with Crippen molar-refractivity contribution in [3.05, 3.63) is 328 Å². The minimum atomic E-state index is 0.813. The first-order valence-corrected chi connectivity index (χ1v) is 27.7. The summed E-state index contributed by atoms with van der Waals surface area (Å²) in [7, 11) is 0. The van der Waals surface area contributed by atoms with Crippen LogP contribution in [0.25, 0.3) is 55.1 Å². The third-order valence-corrected chi connectivity index (χ3v) is 15.1. The van der Waals surface area contributed by atoms with E-state index in [0.29, 0.717) is 0 Å². The van der Waals surface area contributed by atoms with E-state index < -0.39 is 0 Å². The van der Waals surface area contributed by atoms with Gasteiger partial charge in [0.05, 0.1) is 22.4 Å². The average molecular weight is 1050 g/mol. The fourth-order valence-electron chi connectivity index (χ4n) is 11.2. The Labute approximate surface area is 478 Å². The normalized spacial score (nSPS) is 11.2. The Morgan fingerprint density at radius 1 is 0.171 bits per heavy atom. The lowest BCUT2D eigenvalue weighted by atomic mass is 10.0. The summed E-state index contributed by atoms with van der Waals surface area (Å²) in [4.78, 5) is 19.9. The number of para-hydroxylation sites is 6. The number of nitrogens with zero attached hydrogens (tertiary/aromatic N) is 6. The molecular formula is C76H54N6. The molecule has 0 atom stereocenters. The van der Waals surface area contributed by atoms with Gasteiger partial charge in [-0.2, -0.15) is 0 Å². The van der Waals surface area contributed by atoms with Crippen LogP contribution in [-0.2, 0) is 0 Å². The molecule has 0 aliphatic carbocycles. The monoisotopic (exact) mass is 1050 g/mol. The third kappa shape index (κ3) is 9.82. The zero-order valence-corrected chi connectivity index (χ0v) is 44.9. The van der Waals surface area contributed by atoms with Crippen LogP contribution in [0, 0.1) is 0 Å². The standard InChI is InChI=1S/C76H54N6/c1-5-23-61(24-6-1)79(67-45-49-69(50-46-67)81(63-27-9-3-10-28-63)71-43-33-55-19-13-15-21-59(55)53-71)65-39-35-57(36-40-65)75-76(78-74-32-18-17-31-73(74)77-75)58-37-41-66(42-38-58)80(62-25-7-2-8-26-62)68-47-51-70(52-48-68)82(64-29-11-4-12-30-64)72-44-34-56-20-14-16-22-60(56)54-72/h1-54H. The van der Waals surface area contributed by atoms with Gasteiger partial charge in [-0.05, 0) is 179 Å². The minimum absolute atomic E-state index is 0.813. The number of benzene rings is 13. The van der Waals surface area contributed by atoms with Gasteiger partial charge < -0.3 is 19.6 Å². The number of anilines is 12. The van der Waals surface area contributed by atoms with Crippen LogP contribution < -0.4 is 19.6 Å². The first kappa shape index (κ1) is 49.2. The molecule has 0 saturated heterocycles. The number of hydrogen-bond acceptors (Lipinski definition) is 6. The highest BCUT2D eigenvalue weighted by Gasteiger charge is 2.21. The first-order chi connectivity index (χ1) is 40.6. The van der Waals surface area contributed by atoms with Crippen LogP contribution in [0.15, 0.2) is 328 Å². The Bertz CT molecular complexity index is 4190. The Kier molecular flexibility index (Phi) is 13.2. The molecule has 0 saturated carbocycles. The van der Waals surface area contributed by atoms with Crippen LogP contribution in [-0.4, -0.2) is 9.97 Å². The molecule has 0 bridgehead atoms. The van der Waals surface area contributed by atoms with Crippen LogP contribution in [0.4, 0.5) is 68.2 Å². The average Bonchev–Trinajstić information content (AvgIpc) is 3.66. The van der Waals surface area contributed by atoms with E-state index in [1.165, 1.54) is 21.5 Å². The summed E-state index contributed by atoms with van der Waals surface area (Å²) < 4.78 is 0. The Morgan fingerprint density at radius 3 is 0.695 bits per heavy atom. The second-order valence-corrected chi connectivity index (χ2v) is 20.3. The van der Waals surface area contributed by atoms with Crippen molar-refractivity contribution >= 4 is 101 Å². The molecule has 6 heteroatoms. The minimum Gasteiger partial charge on any atom is -0.311 e. The van der Waals surface area contributed by atoms with Crippen molar-refractivity contribution in [1.29, 1.82) is 0 Å². The maximum Gasteiger partial charge on any atom is 0.0973 e. The molecular weight excluding hydrogens is 997 g/mol. The van der Waals surface area contributed by atoms with E-state index in [1.807, 2.05) is 24.3 Å². The van der Waals surface area contributed by atoms with Gasteiger partial charge in [0, 0.05) is 79.4 Å². The molecule has 82 heavy (non-hydrogen) atoms. The summed E-state index contributed by atoms with van der Waals surface area (Å²) in [6.07, 6.45) is 0. The molecule has 388 valence electrons. The molecule has 0 fully saturated rings. The van der Waals surface area contributed by atoms with Gasteiger partial charge in [0.25, 0.3) is 0 Å². The molecule has 0 radical (unpaired) electrons. The van der Waals surface area contributed by atoms with Crippen LogP contribution in [0.1, 0.15) is 0 Å². The van der Waals surface area contributed by atoms with Gasteiger partial charge in [0.2, 0.25) is 0 Å². The molecule has 14 rings (SSSR count). The third-order valence-electron chi connectivity index (χ3n) is 15.1. The summed E-state index contributed by atoms with van der Waals surface area (Å²) in [5.41, 5.74) is 18.0. The number of fused-ring (bicyclic) bond motifs is 3. The molecule has 0 aliphatic rings. The lowest BCUT2D eigenvalue weighted by Crippen LogP contribution is -2.12. The first-order valence-electron chi connectivity index (χ1n) is 27.7. The highest BCUT2D eigenvalue weighted by molar-refractivity contribution is 5.93. The van der Waals surface area contributed by atoms with E-state index in [0.717, 1.165) is 102 Å². The van der Waals surface area contributed by atoms with Gasteiger partial charge in [-0.3, -0.25) is 0 Å². The summed E-state index contributed by atoms with van der Waals surface area (Å²) in [6.45, 7) is 0. The van der Waals surface area contributed by atoms with Crippen molar-refractivity contribution in [2.45, 2.75) is 0 Å². The number of aromatic nitrogens is 2. The van der Waals surface area contributed by atoms with E-state index in [1.54, 1.807) is 0 Å². The molecule has 6 nitrogen and oxygen atoms in total. The van der Waals surface area contributed by atoms with Gasteiger partial charge in [-0.25, -0.2) is 9.97 Å². The lowest BCUT2D eigenvalue weighted by molar-refractivity contribution is 1.25. The molecule has 1 heterocycles. The van der Waals surface area contributed by atoms with Crippen LogP contribution in [0.2, 0.25) is 0 Å². The van der Waals surface area contributed by atoms with Gasteiger partial charge in [0.15, 0.2) is 0 Å². The van der Waals surface area contributed by atoms with Crippen molar-refractivity contribution in [3.8, 4) is 22.5 Å². The van der Waals surface area contributed by atoms with Gasteiger partial charge in [-0.15, -0.1) is 0 Å². The summed E-state index contributed by atoms with van der Waals surface area (Å²) in [6, 6.07) is 116. The van der Waals surface area contributed by atoms with Crippen LogP contribution in [0.3, 0.4) is 0 Å². The van der Waals surface area contributed by atoms with Crippen molar-refractivity contribution in [2.24, 2.45) is 0 Å². The predicted octanol–water partition coefficient (Wildman–Crippen LogP) is 21.1. The van der Waals surface area contributed by atoms with Crippen molar-refractivity contribution in [1.82, 2.24) is 9.97 Å². The fraction of sp³-hybridized carbons (Fsp3) is 0. The second kappa shape index (κ2) is 22.0. The number of hydrogen-bond donors (Lipinski definition) is 0. The molecule has 0 aliphatic heterocycles. The van der Waals surface area contributed by atoms with Crippen molar-refractivity contribution < 1.29 is 0 Å². The highest BCUT2D eigenvalue weighted by atomic mass is 15.2. The molecule has 0 unspecified atom stereocenters. The van der Waals surface area contributed by atoms with Crippen molar-refractivity contribution in [3.63, 3.8) is 0 Å². The van der Waals surface area contributed by atoms with Gasteiger partial charge >= 0.3 is 0 Å². The van der Waals surface area contributed by atoms with E-state index in [4.69, 9.17) is 9.97 Å². The molecule has 0 N–H and O–H groups in total. The van der Waals surface area contributed by atoms with Gasteiger partial charge in [-0.1, -0.05) is 170 Å². The Hall–Kier alpha value is -11.1. The molecule has 1 aromatic heterocycles. The lowest BCUT2D eigenvalue weighted by Gasteiger charge is -2.28. The molecule has 0 amide bonds. The largest absolute Gasteiger partial charge is 0.311 e. The topological polar surface area (TPSA) is 38.7 Å². The predicted molar refractivity (Wildman–Crippen MR) is 344 cm³/mol. The molecule has 14 aromatic rings. The fourth-order valence-corrected chi connectivity index (χ4v) is 11.2. The maximum atomic E-state index is 5.34. The van der Waals surface area contributed by atoms with Crippen molar-refractivity contribution in [2.75, 3.05) is 19.6 Å². The summed E-state index contributed by atoms with van der Waals surface area (Å²) in [5.74, 6) is 0. The quantitative estimate of drug-likeness (QED) is 0.108. The zero-order valence-electron chi connectivity index (χ0n) is 44.9. The number of rotatable bonds is 14. The van der Waals surface area contributed by atoms with Crippen LogP contribution >= 0.6 is 0 Å². The smallest absolute Gasteiger partial charge is 0.0973 e. The summed E-state index contributed by atoms with van der Waals surface area (Å²) >= 11 is 0. The zero-order chi connectivity index (χ0) is 54.6. The second-order valence-electron chi connectivity index (χ2n) is 20.3. The van der Waals surface area contributed by atoms with E-state index in [-0.39, 0.29) is 0 Å².